The van der Waals surface area contributed by atoms with Crippen molar-refractivity contribution in [3.05, 3.63) is 78.9 Å². The normalized spacial score (nSPS) is 10.7. The van der Waals surface area contributed by atoms with Crippen LogP contribution in [-0.2, 0) is 0 Å². The van der Waals surface area contributed by atoms with Gasteiger partial charge >= 0.3 is 0 Å². The van der Waals surface area contributed by atoms with E-state index in [0.717, 1.165) is 16.7 Å². The first-order valence-corrected chi connectivity index (χ1v) is 7.59. The molecule has 1 aromatic heterocycles. The number of phenols is 1. The summed E-state index contributed by atoms with van der Waals surface area (Å²) in [6.45, 7) is 0. The molecule has 116 valence electrons. The van der Waals surface area contributed by atoms with Crippen molar-refractivity contribution in [3.8, 4) is 39.7 Å². The van der Waals surface area contributed by atoms with Gasteiger partial charge < -0.3 is 9.63 Å². The van der Waals surface area contributed by atoms with Crippen LogP contribution in [0.15, 0.2) is 83.4 Å². The largest absolute Gasteiger partial charge is 0.507 e. The smallest absolute Gasteiger partial charge is 0.261 e. The predicted molar refractivity (Wildman–Crippen MR) is 92.3 cm³/mol. The fraction of sp³-hybridized carbons (Fsp3) is 0. The maximum atomic E-state index is 9.88. The number of nitrogens with zero attached hydrogens (tertiary/aromatic N) is 2. The zero-order chi connectivity index (χ0) is 16.4. The molecule has 0 saturated carbocycles. The van der Waals surface area contributed by atoms with Crippen LogP contribution in [-0.4, -0.2) is 15.2 Å². The predicted octanol–water partition coefficient (Wildman–Crippen LogP) is 4.78. The van der Waals surface area contributed by atoms with E-state index in [4.69, 9.17) is 4.52 Å². The highest BCUT2D eigenvalue weighted by molar-refractivity contribution is 5.69. The van der Waals surface area contributed by atoms with Crippen molar-refractivity contribution in [1.82, 2.24) is 10.1 Å². The Morgan fingerprint density at radius 3 is 2.04 bits per heavy atom. The number of rotatable bonds is 3. The highest BCUT2D eigenvalue weighted by Crippen LogP contribution is 2.29. The monoisotopic (exact) mass is 314 g/mol. The van der Waals surface area contributed by atoms with Crippen molar-refractivity contribution in [3.63, 3.8) is 0 Å². The third kappa shape index (κ3) is 2.65. The Morgan fingerprint density at radius 2 is 1.29 bits per heavy atom. The summed E-state index contributed by atoms with van der Waals surface area (Å²) >= 11 is 0. The quantitative estimate of drug-likeness (QED) is 0.591. The van der Waals surface area contributed by atoms with Gasteiger partial charge in [0.2, 0.25) is 5.82 Å². The van der Waals surface area contributed by atoms with Crippen molar-refractivity contribution in [2.45, 2.75) is 0 Å². The Bertz CT molecular complexity index is 960. The molecule has 0 aliphatic rings. The molecule has 0 unspecified atom stereocenters. The van der Waals surface area contributed by atoms with E-state index in [1.165, 1.54) is 0 Å². The molecule has 0 radical (unpaired) electrons. The van der Waals surface area contributed by atoms with E-state index in [-0.39, 0.29) is 5.75 Å². The minimum atomic E-state index is 0.118. The van der Waals surface area contributed by atoms with Gasteiger partial charge in [-0.2, -0.15) is 4.98 Å². The average molecular weight is 314 g/mol. The summed E-state index contributed by atoms with van der Waals surface area (Å²) in [6, 6.07) is 25.0. The SMILES string of the molecule is Oc1ccccc1-c1nc(-c2ccc(-c3ccccc3)cc2)no1. The average Bonchev–Trinajstić information content (AvgIpc) is 3.13. The summed E-state index contributed by atoms with van der Waals surface area (Å²) in [5.74, 6) is 0.912. The Hall–Kier alpha value is -3.40. The molecule has 0 aliphatic heterocycles. The van der Waals surface area contributed by atoms with Gasteiger partial charge in [0, 0.05) is 5.56 Å². The Morgan fingerprint density at radius 1 is 0.667 bits per heavy atom. The molecule has 24 heavy (non-hydrogen) atoms. The number of aromatic nitrogens is 2. The van der Waals surface area contributed by atoms with Crippen LogP contribution < -0.4 is 0 Å². The van der Waals surface area contributed by atoms with Crippen molar-refractivity contribution in [2.24, 2.45) is 0 Å². The van der Waals surface area contributed by atoms with E-state index in [2.05, 4.69) is 22.3 Å². The Balaban J connectivity index is 1.65. The van der Waals surface area contributed by atoms with E-state index < -0.39 is 0 Å². The minimum Gasteiger partial charge on any atom is -0.507 e. The van der Waals surface area contributed by atoms with Crippen LogP contribution in [0.5, 0.6) is 5.75 Å². The van der Waals surface area contributed by atoms with Crippen molar-refractivity contribution >= 4 is 0 Å². The van der Waals surface area contributed by atoms with Gasteiger partial charge in [-0.25, -0.2) is 0 Å². The lowest BCUT2D eigenvalue weighted by Gasteiger charge is -2.01. The van der Waals surface area contributed by atoms with Crippen LogP contribution in [0.1, 0.15) is 0 Å². The van der Waals surface area contributed by atoms with Crippen molar-refractivity contribution < 1.29 is 9.63 Å². The van der Waals surface area contributed by atoms with Crippen LogP contribution in [0.2, 0.25) is 0 Å². The van der Waals surface area contributed by atoms with Crippen LogP contribution >= 0.6 is 0 Å². The van der Waals surface area contributed by atoms with E-state index in [9.17, 15) is 5.11 Å². The zero-order valence-electron chi connectivity index (χ0n) is 12.8. The highest BCUT2D eigenvalue weighted by atomic mass is 16.5. The number of phenolic OH excluding ortho intramolecular Hbond substituents is 1. The van der Waals surface area contributed by atoms with Crippen LogP contribution in [0.4, 0.5) is 0 Å². The summed E-state index contributed by atoms with van der Waals surface area (Å²) in [4.78, 5) is 4.38. The van der Waals surface area contributed by atoms with E-state index >= 15 is 0 Å². The van der Waals surface area contributed by atoms with E-state index in [1.54, 1.807) is 18.2 Å². The van der Waals surface area contributed by atoms with Gasteiger partial charge in [0.05, 0.1) is 5.56 Å². The molecule has 4 aromatic rings. The third-order valence-electron chi connectivity index (χ3n) is 3.81. The molecule has 0 fully saturated rings. The van der Waals surface area contributed by atoms with Gasteiger partial charge in [-0.05, 0) is 23.3 Å². The second kappa shape index (κ2) is 6.01. The lowest BCUT2D eigenvalue weighted by molar-refractivity contribution is 0.426. The molecule has 0 amide bonds. The molecule has 0 atom stereocenters. The molecular formula is C20H14N2O2. The second-order valence-corrected chi connectivity index (χ2v) is 5.38. The first-order chi connectivity index (χ1) is 11.8. The number of hydrogen-bond donors (Lipinski definition) is 1. The van der Waals surface area contributed by atoms with Crippen LogP contribution in [0.25, 0.3) is 34.0 Å². The first-order valence-electron chi connectivity index (χ1n) is 7.59. The Kier molecular flexibility index (Phi) is 3.56. The van der Waals surface area contributed by atoms with E-state index in [0.29, 0.717) is 17.3 Å². The fourth-order valence-electron chi connectivity index (χ4n) is 2.55. The van der Waals surface area contributed by atoms with E-state index in [1.807, 2.05) is 48.5 Å². The molecule has 1 N–H and O–H groups in total. The number of hydrogen-bond acceptors (Lipinski definition) is 4. The lowest BCUT2D eigenvalue weighted by Crippen LogP contribution is -1.83. The molecule has 4 heteroatoms. The molecule has 0 aliphatic carbocycles. The Labute approximate surface area is 139 Å². The van der Waals surface area contributed by atoms with Gasteiger partial charge in [-0.3, -0.25) is 0 Å². The molecular weight excluding hydrogens is 300 g/mol. The molecule has 0 bridgehead atoms. The van der Waals surface area contributed by atoms with Gasteiger partial charge in [0.15, 0.2) is 0 Å². The standard InChI is InChI=1S/C20H14N2O2/c23-18-9-5-4-8-17(18)20-21-19(22-24-20)16-12-10-15(11-13-16)14-6-2-1-3-7-14/h1-13,23H. The summed E-state index contributed by atoms with van der Waals surface area (Å²) in [5.41, 5.74) is 3.67. The first kappa shape index (κ1) is 14.2. The molecule has 4 rings (SSSR count). The number of aromatic hydroxyl groups is 1. The van der Waals surface area contributed by atoms with Gasteiger partial charge in [0.1, 0.15) is 5.75 Å². The van der Waals surface area contributed by atoms with Gasteiger partial charge in [-0.1, -0.05) is 71.9 Å². The maximum Gasteiger partial charge on any atom is 0.261 e. The summed E-state index contributed by atoms with van der Waals surface area (Å²) in [6.07, 6.45) is 0. The molecule has 1 heterocycles. The fourth-order valence-corrected chi connectivity index (χ4v) is 2.55. The minimum absolute atomic E-state index is 0.118. The molecule has 3 aromatic carbocycles. The molecule has 0 spiro atoms. The van der Waals surface area contributed by atoms with Crippen LogP contribution in [0, 0.1) is 0 Å². The number of benzene rings is 3. The summed E-state index contributed by atoms with van der Waals surface area (Å²) in [7, 11) is 0. The summed E-state index contributed by atoms with van der Waals surface area (Å²) < 4.78 is 5.28. The third-order valence-corrected chi connectivity index (χ3v) is 3.81. The zero-order valence-corrected chi connectivity index (χ0v) is 12.8. The summed E-state index contributed by atoms with van der Waals surface area (Å²) in [5, 5.41) is 13.9. The van der Waals surface area contributed by atoms with Crippen LogP contribution in [0.3, 0.4) is 0 Å². The lowest BCUT2D eigenvalue weighted by atomic mass is 10.0. The topological polar surface area (TPSA) is 59.2 Å². The highest BCUT2D eigenvalue weighted by Gasteiger charge is 2.13. The van der Waals surface area contributed by atoms with Gasteiger partial charge in [-0.15, -0.1) is 0 Å². The maximum absolute atomic E-state index is 9.88. The molecule has 0 saturated heterocycles. The molecule has 4 nitrogen and oxygen atoms in total. The second-order valence-electron chi connectivity index (χ2n) is 5.38. The van der Waals surface area contributed by atoms with Gasteiger partial charge in [0.25, 0.3) is 5.89 Å². The number of para-hydroxylation sites is 1. The van der Waals surface area contributed by atoms with Crippen molar-refractivity contribution in [1.29, 1.82) is 0 Å². The van der Waals surface area contributed by atoms with Crippen molar-refractivity contribution in [2.75, 3.05) is 0 Å².